The Morgan fingerprint density at radius 3 is 2.46 bits per heavy atom. The van der Waals surface area contributed by atoms with Crippen LogP contribution in [0.25, 0.3) is 0 Å². The highest BCUT2D eigenvalue weighted by atomic mass is 16.6. The molecule has 0 unspecified atom stereocenters. The van der Waals surface area contributed by atoms with Crippen molar-refractivity contribution in [3.63, 3.8) is 0 Å². The zero-order chi connectivity index (χ0) is 18.5. The molecule has 138 valence electrons. The number of nitrogens with zero attached hydrogens (tertiary/aromatic N) is 5. The van der Waals surface area contributed by atoms with Gasteiger partial charge in [0, 0.05) is 32.7 Å². The molecule has 0 spiro atoms. The molecule has 0 atom stereocenters. The zero-order valence-electron chi connectivity index (χ0n) is 15.2. The standard InChI is InChI=1S/C18H24N6O2/c1-3-22-8-10-23(11-9-22)18-16(24(25)26)17(20-13-21-18)19-12-15-6-4-14(2)5-7-15/h4-7,13H,3,8-12H2,1-2H3,(H,19,20,21). The number of benzene rings is 1. The van der Waals surface area contributed by atoms with Crippen molar-refractivity contribution < 1.29 is 4.92 Å². The smallest absolute Gasteiger partial charge is 0.353 e. The van der Waals surface area contributed by atoms with Crippen LogP contribution in [0, 0.1) is 17.0 Å². The van der Waals surface area contributed by atoms with E-state index in [-0.39, 0.29) is 16.4 Å². The van der Waals surface area contributed by atoms with Crippen LogP contribution in [-0.2, 0) is 6.54 Å². The Hall–Kier alpha value is -2.74. The minimum Gasteiger partial charge on any atom is -0.360 e. The zero-order valence-corrected chi connectivity index (χ0v) is 15.2. The van der Waals surface area contributed by atoms with E-state index in [0.717, 1.165) is 38.3 Å². The van der Waals surface area contributed by atoms with Gasteiger partial charge in [-0.2, -0.15) is 0 Å². The number of hydrogen-bond donors (Lipinski definition) is 1. The summed E-state index contributed by atoms with van der Waals surface area (Å²) in [5.41, 5.74) is 2.17. The number of nitro groups is 1. The van der Waals surface area contributed by atoms with E-state index >= 15 is 0 Å². The quantitative estimate of drug-likeness (QED) is 0.628. The molecule has 0 radical (unpaired) electrons. The van der Waals surface area contributed by atoms with Crippen LogP contribution >= 0.6 is 0 Å². The summed E-state index contributed by atoms with van der Waals surface area (Å²) in [5.74, 6) is 0.658. The average Bonchev–Trinajstić information content (AvgIpc) is 2.67. The van der Waals surface area contributed by atoms with Crippen molar-refractivity contribution >= 4 is 17.3 Å². The van der Waals surface area contributed by atoms with Gasteiger partial charge in [0.2, 0.25) is 11.6 Å². The molecule has 0 saturated carbocycles. The highest BCUT2D eigenvalue weighted by Gasteiger charge is 2.28. The maximum absolute atomic E-state index is 11.7. The van der Waals surface area contributed by atoms with Gasteiger partial charge in [-0.25, -0.2) is 9.97 Å². The Morgan fingerprint density at radius 2 is 1.85 bits per heavy atom. The fourth-order valence-electron chi connectivity index (χ4n) is 3.07. The van der Waals surface area contributed by atoms with Gasteiger partial charge in [0.05, 0.1) is 4.92 Å². The number of rotatable bonds is 6. The second-order valence-electron chi connectivity index (χ2n) is 6.41. The number of likely N-dealkylation sites (N-methyl/N-ethyl adjacent to an activating group) is 1. The fraction of sp³-hybridized carbons (Fsp3) is 0.444. The van der Waals surface area contributed by atoms with Crippen molar-refractivity contribution in [1.29, 1.82) is 0 Å². The van der Waals surface area contributed by atoms with Gasteiger partial charge in [-0.1, -0.05) is 36.8 Å². The van der Waals surface area contributed by atoms with Crippen molar-refractivity contribution in [2.24, 2.45) is 0 Å². The predicted octanol–water partition coefficient (Wildman–Crippen LogP) is 2.45. The van der Waals surface area contributed by atoms with Crippen LogP contribution < -0.4 is 10.2 Å². The van der Waals surface area contributed by atoms with Gasteiger partial charge in [-0.3, -0.25) is 10.1 Å². The Bertz CT molecular complexity index is 757. The first-order valence-corrected chi connectivity index (χ1v) is 8.84. The molecule has 26 heavy (non-hydrogen) atoms. The molecular formula is C18H24N6O2. The van der Waals surface area contributed by atoms with Gasteiger partial charge in [0.1, 0.15) is 6.33 Å². The highest BCUT2D eigenvalue weighted by molar-refractivity contribution is 5.70. The van der Waals surface area contributed by atoms with Crippen LogP contribution in [-0.4, -0.2) is 52.5 Å². The summed E-state index contributed by atoms with van der Waals surface area (Å²) in [7, 11) is 0. The summed E-state index contributed by atoms with van der Waals surface area (Å²) in [6, 6.07) is 8.04. The lowest BCUT2D eigenvalue weighted by molar-refractivity contribution is -0.383. The molecule has 1 fully saturated rings. The fourth-order valence-corrected chi connectivity index (χ4v) is 3.07. The summed E-state index contributed by atoms with van der Waals surface area (Å²) >= 11 is 0. The van der Waals surface area contributed by atoms with Crippen molar-refractivity contribution in [2.45, 2.75) is 20.4 Å². The molecule has 2 heterocycles. The van der Waals surface area contributed by atoms with E-state index in [4.69, 9.17) is 0 Å². The third-order valence-corrected chi connectivity index (χ3v) is 4.69. The monoisotopic (exact) mass is 356 g/mol. The first-order chi connectivity index (χ1) is 12.6. The van der Waals surface area contributed by atoms with Crippen LogP contribution in [0.1, 0.15) is 18.1 Å². The summed E-state index contributed by atoms with van der Waals surface area (Å²) in [4.78, 5) is 23.9. The minimum absolute atomic E-state index is 0.0513. The summed E-state index contributed by atoms with van der Waals surface area (Å²) < 4.78 is 0. The normalized spacial score (nSPS) is 15.1. The first-order valence-electron chi connectivity index (χ1n) is 8.84. The van der Waals surface area contributed by atoms with Crippen LogP contribution in [0.15, 0.2) is 30.6 Å². The molecule has 1 N–H and O–H groups in total. The van der Waals surface area contributed by atoms with Crippen LogP contribution in [0.4, 0.5) is 17.3 Å². The molecule has 8 heteroatoms. The third-order valence-electron chi connectivity index (χ3n) is 4.69. The number of nitrogens with one attached hydrogen (secondary N) is 1. The number of aryl methyl sites for hydroxylation is 1. The minimum atomic E-state index is -0.390. The van der Waals surface area contributed by atoms with Gasteiger partial charge >= 0.3 is 5.69 Å². The number of aromatic nitrogens is 2. The molecule has 0 aliphatic carbocycles. The van der Waals surface area contributed by atoms with Crippen molar-refractivity contribution in [2.75, 3.05) is 42.9 Å². The lowest BCUT2D eigenvalue weighted by Gasteiger charge is -2.34. The molecule has 1 saturated heterocycles. The van der Waals surface area contributed by atoms with Crippen molar-refractivity contribution in [3.05, 3.63) is 51.8 Å². The second kappa shape index (κ2) is 8.09. The average molecular weight is 356 g/mol. The molecule has 1 aliphatic heterocycles. The van der Waals surface area contributed by atoms with Crippen LogP contribution in [0.2, 0.25) is 0 Å². The molecule has 1 aromatic heterocycles. The molecule has 2 aromatic rings. The Labute approximate surface area is 153 Å². The summed E-state index contributed by atoms with van der Waals surface area (Å²) in [5, 5.41) is 14.8. The van der Waals surface area contributed by atoms with Gasteiger partial charge in [0.15, 0.2) is 0 Å². The second-order valence-corrected chi connectivity index (χ2v) is 6.41. The van der Waals surface area contributed by atoms with Crippen molar-refractivity contribution in [1.82, 2.24) is 14.9 Å². The number of piperazine rings is 1. The van der Waals surface area contributed by atoms with Gasteiger partial charge in [0.25, 0.3) is 0 Å². The molecule has 0 bridgehead atoms. The van der Waals surface area contributed by atoms with Crippen LogP contribution in [0.5, 0.6) is 0 Å². The Morgan fingerprint density at radius 1 is 1.15 bits per heavy atom. The molecule has 1 aliphatic rings. The number of hydrogen-bond acceptors (Lipinski definition) is 7. The largest absolute Gasteiger partial charge is 0.360 e. The van der Waals surface area contributed by atoms with Crippen LogP contribution in [0.3, 0.4) is 0 Å². The predicted molar refractivity (Wildman–Crippen MR) is 102 cm³/mol. The third kappa shape index (κ3) is 4.08. The van der Waals surface area contributed by atoms with Crippen molar-refractivity contribution in [3.8, 4) is 0 Å². The number of anilines is 2. The van der Waals surface area contributed by atoms with E-state index in [1.165, 1.54) is 11.9 Å². The maximum atomic E-state index is 11.7. The van der Waals surface area contributed by atoms with Gasteiger partial charge in [-0.05, 0) is 19.0 Å². The lowest BCUT2D eigenvalue weighted by atomic mass is 10.1. The molecule has 3 rings (SSSR count). The molecule has 8 nitrogen and oxygen atoms in total. The molecule has 1 aromatic carbocycles. The topological polar surface area (TPSA) is 87.4 Å². The summed E-state index contributed by atoms with van der Waals surface area (Å²) in [6.45, 7) is 8.82. The van der Waals surface area contributed by atoms with E-state index in [1.807, 2.05) is 36.1 Å². The maximum Gasteiger partial charge on any atom is 0.353 e. The first kappa shape index (κ1) is 18.1. The Balaban J connectivity index is 1.80. The molecular weight excluding hydrogens is 332 g/mol. The molecule has 0 amide bonds. The van der Waals surface area contributed by atoms with E-state index in [2.05, 4.69) is 27.1 Å². The van der Waals surface area contributed by atoms with E-state index in [1.54, 1.807) is 0 Å². The lowest BCUT2D eigenvalue weighted by Crippen LogP contribution is -2.46. The van der Waals surface area contributed by atoms with E-state index in [9.17, 15) is 10.1 Å². The van der Waals surface area contributed by atoms with Gasteiger partial charge < -0.3 is 15.1 Å². The highest BCUT2D eigenvalue weighted by Crippen LogP contribution is 2.32. The Kier molecular flexibility index (Phi) is 5.62. The van der Waals surface area contributed by atoms with E-state index < -0.39 is 0 Å². The summed E-state index contributed by atoms with van der Waals surface area (Å²) in [6.07, 6.45) is 1.39. The van der Waals surface area contributed by atoms with Gasteiger partial charge in [-0.15, -0.1) is 0 Å². The SMILES string of the molecule is CCN1CCN(c2ncnc(NCc3ccc(C)cc3)c2[N+](=O)[O-])CC1. The van der Waals surface area contributed by atoms with E-state index in [0.29, 0.717) is 12.4 Å².